The van der Waals surface area contributed by atoms with Crippen LogP contribution in [0.15, 0.2) is 12.3 Å². The van der Waals surface area contributed by atoms with Gasteiger partial charge < -0.3 is 4.90 Å². The van der Waals surface area contributed by atoms with Crippen molar-refractivity contribution in [1.82, 2.24) is 14.9 Å². The SMILES string of the molecule is Cc1ccnc(C(=O)C2CC3CCCC(C2)N3C)n1. The number of aryl methyl sites for hydroxylation is 1. The first-order valence-corrected chi connectivity index (χ1v) is 7.21. The van der Waals surface area contributed by atoms with Crippen molar-refractivity contribution >= 4 is 5.78 Å². The Morgan fingerprint density at radius 1 is 1.32 bits per heavy atom. The molecule has 2 aliphatic rings. The van der Waals surface area contributed by atoms with Crippen LogP contribution in [0.5, 0.6) is 0 Å². The Balaban J connectivity index is 1.78. The topological polar surface area (TPSA) is 46.1 Å². The predicted octanol–water partition coefficient (Wildman–Crippen LogP) is 2.23. The molecule has 2 saturated heterocycles. The van der Waals surface area contributed by atoms with Gasteiger partial charge in [-0.15, -0.1) is 0 Å². The molecule has 3 heterocycles. The first kappa shape index (κ1) is 12.7. The van der Waals surface area contributed by atoms with E-state index in [0.717, 1.165) is 18.5 Å². The number of fused-ring (bicyclic) bond motifs is 2. The van der Waals surface area contributed by atoms with E-state index >= 15 is 0 Å². The average Bonchev–Trinajstić information content (AvgIpc) is 2.37. The van der Waals surface area contributed by atoms with Crippen LogP contribution in [0.1, 0.15) is 48.4 Å². The number of carbonyl (C=O) groups excluding carboxylic acids is 1. The number of piperidine rings is 2. The molecule has 2 bridgehead atoms. The zero-order chi connectivity index (χ0) is 13.4. The van der Waals surface area contributed by atoms with Gasteiger partial charge in [0.05, 0.1) is 0 Å². The van der Waals surface area contributed by atoms with Gasteiger partial charge in [-0.3, -0.25) is 4.79 Å². The van der Waals surface area contributed by atoms with Crippen LogP contribution in [-0.4, -0.2) is 39.8 Å². The zero-order valence-corrected chi connectivity index (χ0v) is 11.7. The van der Waals surface area contributed by atoms with E-state index < -0.39 is 0 Å². The third-order valence-electron chi connectivity index (χ3n) is 4.73. The number of rotatable bonds is 2. The number of ketones is 1. The number of hydrogen-bond acceptors (Lipinski definition) is 4. The standard InChI is InChI=1S/C15H21N3O/c1-10-6-7-16-15(17-10)14(19)11-8-12-4-3-5-13(9-11)18(12)2/h6-7,11-13H,3-5,8-9H2,1-2H3. The summed E-state index contributed by atoms with van der Waals surface area (Å²) < 4.78 is 0. The summed E-state index contributed by atoms with van der Waals surface area (Å²) in [7, 11) is 2.21. The summed E-state index contributed by atoms with van der Waals surface area (Å²) in [6, 6.07) is 2.98. The van der Waals surface area contributed by atoms with Gasteiger partial charge in [-0.2, -0.15) is 0 Å². The molecule has 0 N–H and O–H groups in total. The molecule has 0 aromatic carbocycles. The summed E-state index contributed by atoms with van der Waals surface area (Å²) in [5.41, 5.74) is 0.867. The van der Waals surface area contributed by atoms with Crippen molar-refractivity contribution < 1.29 is 4.79 Å². The van der Waals surface area contributed by atoms with E-state index in [1.165, 1.54) is 19.3 Å². The fraction of sp³-hybridized carbons (Fsp3) is 0.667. The smallest absolute Gasteiger partial charge is 0.203 e. The molecule has 0 amide bonds. The van der Waals surface area contributed by atoms with Crippen molar-refractivity contribution in [2.24, 2.45) is 5.92 Å². The molecule has 1 aromatic heterocycles. The molecular formula is C15H21N3O. The van der Waals surface area contributed by atoms with Gasteiger partial charge in [-0.25, -0.2) is 9.97 Å². The Hall–Kier alpha value is -1.29. The lowest BCUT2D eigenvalue weighted by molar-refractivity contribution is 0.0333. The van der Waals surface area contributed by atoms with Crippen LogP contribution in [0.3, 0.4) is 0 Å². The van der Waals surface area contributed by atoms with Crippen LogP contribution in [0, 0.1) is 12.8 Å². The second-order valence-electron chi connectivity index (χ2n) is 5.96. The van der Waals surface area contributed by atoms with Crippen molar-refractivity contribution in [2.45, 2.75) is 51.1 Å². The van der Waals surface area contributed by atoms with E-state index in [2.05, 4.69) is 21.9 Å². The Morgan fingerprint density at radius 3 is 2.63 bits per heavy atom. The quantitative estimate of drug-likeness (QED) is 0.764. The van der Waals surface area contributed by atoms with Gasteiger partial charge in [0.25, 0.3) is 0 Å². The van der Waals surface area contributed by atoms with Gasteiger partial charge in [0, 0.05) is 29.9 Å². The first-order chi connectivity index (χ1) is 9.15. The molecule has 3 rings (SSSR count). The summed E-state index contributed by atoms with van der Waals surface area (Å²) in [5.74, 6) is 0.676. The lowest BCUT2D eigenvalue weighted by Crippen LogP contribution is -2.51. The monoisotopic (exact) mass is 259 g/mol. The van der Waals surface area contributed by atoms with Crippen LogP contribution in [0.4, 0.5) is 0 Å². The van der Waals surface area contributed by atoms with Crippen molar-refractivity contribution in [2.75, 3.05) is 7.05 Å². The predicted molar refractivity (Wildman–Crippen MR) is 73.0 cm³/mol. The van der Waals surface area contributed by atoms with E-state index in [0.29, 0.717) is 17.9 Å². The maximum absolute atomic E-state index is 12.5. The number of aromatic nitrogens is 2. The highest BCUT2D eigenvalue weighted by Crippen LogP contribution is 2.36. The molecule has 4 nitrogen and oxygen atoms in total. The van der Waals surface area contributed by atoms with Gasteiger partial charge in [-0.05, 0) is 45.7 Å². The summed E-state index contributed by atoms with van der Waals surface area (Å²) in [6.45, 7) is 1.90. The van der Waals surface area contributed by atoms with E-state index in [4.69, 9.17) is 0 Å². The number of hydrogen-bond donors (Lipinski definition) is 0. The Kier molecular flexibility index (Phi) is 3.35. The molecule has 2 atom stereocenters. The maximum atomic E-state index is 12.5. The summed E-state index contributed by atoms with van der Waals surface area (Å²) in [5, 5.41) is 0. The van der Waals surface area contributed by atoms with Crippen LogP contribution in [0.25, 0.3) is 0 Å². The highest BCUT2D eigenvalue weighted by Gasteiger charge is 2.39. The molecule has 2 unspecified atom stereocenters. The molecule has 0 saturated carbocycles. The molecule has 0 aliphatic carbocycles. The van der Waals surface area contributed by atoms with E-state index in [1.54, 1.807) is 6.20 Å². The van der Waals surface area contributed by atoms with Crippen LogP contribution >= 0.6 is 0 Å². The van der Waals surface area contributed by atoms with Gasteiger partial charge in [0.1, 0.15) is 0 Å². The summed E-state index contributed by atoms with van der Waals surface area (Å²) in [6.07, 6.45) is 7.40. The lowest BCUT2D eigenvalue weighted by Gasteiger charge is -2.46. The zero-order valence-electron chi connectivity index (χ0n) is 11.7. The van der Waals surface area contributed by atoms with E-state index in [9.17, 15) is 4.79 Å². The Bertz CT molecular complexity index is 474. The molecular weight excluding hydrogens is 238 g/mol. The highest BCUT2D eigenvalue weighted by molar-refractivity contribution is 5.94. The van der Waals surface area contributed by atoms with Crippen molar-refractivity contribution in [1.29, 1.82) is 0 Å². The van der Waals surface area contributed by atoms with Gasteiger partial charge >= 0.3 is 0 Å². The summed E-state index contributed by atoms with van der Waals surface area (Å²) >= 11 is 0. The van der Waals surface area contributed by atoms with Crippen molar-refractivity contribution in [3.05, 3.63) is 23.8 Å². The largest absolute Gasteiger partial charge is 0.300 e. The van der Waals surface area contributed by atoms with E-state index in [1.807, 2.05) is 13.0 Å². The average molecular weight is 259 g/mol. The number of nitrogens with zero attached hydrogens (tertiary/aromatic N) is 3. The fourth-order valence-electron chi connectivity index (χ4n) is 3.58. The molecule has 0 spiro atoms. The van der Waals surface area contributed by atoms with Crippen LogP contribution in [-0.2, 0) is 0 Å². The van der Waals surface area contributed by atoms with Gasteiger partial charge in [0.2, 0.25) is 5.78 Å². The minimum Gasteiger partial charge on any atom is -0.300 e. The molecule has 4 heteroatoms. The fourth-order valence-corrected chi connectivity index (χ4v) is 3.58. The maximum Gasteiger partial charge on any atom is 0.203 e. The molecule has 19 heavy (non-hydrogen) atoms. The second-order valence-corrected chi connectivity index (χ2v) is 5.96. The van der Waals surface area contributed by atoms with Crippen molar-refractivity contribution in [3.63, 3.8) is 0 Å². The second kappa shape index (κ2) is 5.00. The highest BCUT2D eigenvalue weighted by atomic mass is 16.1. The van der Waals surface area contributed by atoms with Gasteiger partial charge in [0.15, 0.2) is 5.82 Å². The minimum absolute atomic E-state index is 0.119. The Labute approximate surface area is 114 Å². The van der Waals surface area contributed by atoms with Crippen molar-refractivity contribution in [3.8, 4) is 0 Å². The van der Waals surface area contributed by atoms with Crippen LogP contribution in [0.2, 0.25) is 0 Å². The minimum atomic E-state index is 0.119. The normalized spacial score (nSPS) is 31.2. The molecule has 2 aliphatic heterocycles. The Morgan fingerprint density at radius 2 is 2.00 bits per heavy atom. The number of Topliss-reactive ketones (excluding diaryl/α,β-unsaturated/α-hetero) is 1. The van der Waals surface area contributed by atoms with Gasteiger partial charge in [-0.1, -0.05) is 6.42 Å². The third kappa shape index (κ3) is 2.41. The van der Waals surface area contributed by atoms with E-state index in [-0.39, 0.29) is 11.7 Å². The third-order valence-corrected chi connectivity index (χ3v) is 4.73. The number of carbonyl (C=O) groups is 1. The molecule has 1 aromatic rings. The van der Waals surface area contributed by atoms with Crippen LogP contribution < -0.4 is 0 Å². The first-order valence-electron chi connectivity index (χ1n) is 7.21. The summed E-state index contributed by atoms with van der Waals surface area (Å²) in [4.78, 5) is 23.5. The molecule has 2 fully saturated rings. The molecule has 102 valence electrons. The lowest BCUT2D eigenvalue weighted by atomic mass is 9.77. The molecule has 0 radical (unpaired) electrons.